The molecule has 1 aliphatic rings. The van der Waals surface area contributed by atoms with Gasteiger partial charge >= 0.3 is 0 Å². The Balaban J connectivity index is 1.42. The Morgan fingerprint density at radius 3 is 2.73 bits per heavy atom. The number of carbonyl (C=O) groups is 1. The molecule has 134 valence electrons. The predicted octanol–water partition coefficient (Wildman–Crippen LogP) is 3.48. The second kappa shape index (κ2) is 7.09. The number of carbonyl (C=O) groups excluding carboxylic acids is 1. The minimum absolute atomic E-state index is 0.00394. The van der Waals surface area contributed by atoms with Crippen molar-refractivity contribution in [1.29, 1.82) is 0 Å². The van der Waals surface area contributed by atoms with Gasteiger partial charge in [-0.1, -0.05) is 35.4 Å². The van der Waals surface area contributed by atoms with E-state index < -0.39 is 0 Å². The van der Waals surface area contributed by atoms with E-state index in [0.29, 0.717) is 18.8 Å². The molecule has 0 saturated carbocycles. The van der Waals surface area contributed by atoms with Crippen molar-refractivity contribution in [2.24, 2.45) is 0 Å². The van der Waals surface area contributed by atoms with Gasteiger partial charge in [0.25, 0.3) is 5.91 Å². The number of fused-ring (bicyclic) bond motifs is 1. The van der Waals surface area contributed by atoms with Crippen LogP contribution >= 0.6 is 11.6 Å². The van der Waals surface area contributed by atoms with Crippen LogP contribution in [-0.4, -0.2) is 52.1 Å². The number of aromatic amines is 1. The van der Waals surface area contributed by atoms with E-state index in [2.05, 4.69) is 21.2 Å². The van der Waals surface area contributed by atoms with Crippen LogP contribution in [-0.2, 0) is 6.54 Å². The highest BCUT2D eigenvalue weighted by Gasteiger charge is 2.25. The van der Waals surface area contributed by atoms with Gasteiger partial charge in [0.1, 0.15) is 0 Å². The van der Waals surface area contributed by atoms with Gasteiger partial charge in [-0.3, -0.25) is 14.8 Å². The van der Waals surface area contributed by atoms with Crippen LogP contribution in [0.25, 0.3) is 10.9 Å². The molecular weight excluding hydrogens is 348 g/mol. The van der Waals surface area contributed by atoms with Crippen LogP contribution in [0.5, 0.6) is 0 Å². The Bertz CT molecular complexity index is 944. The second-order valence-corrected chi connectivity index (χ2v) is 7.26. The Kier molecular flexibility index (Phi) is 4.66. The summed E-state index contributed by atoms with van der Waals surface area (Å²) in [5.74, 6) is 0.00394. The van der Waals surface area contributed by atoms with Crippen molar-refractivity contribution in [2.75, 3.05) is 26.2 Å². The highest BCUT2D eigenvalue weighted by atomic mass is 35.5. The average molecular weight is 369 g/mol. The Hall–Kier alpha value is -2.37. The number of rotatable bonds is 3. The fourth-order valence-corrected chi connectivity index (χ4v) is 3.66. The first-order valence-electron chi connectivity index (χ1n) is 8.81. The molecule has 6 heteroatoms. The van der Waals surface area contributed by atoms with Gasteiger partial charge in [-0.25, -0.2) is 0 Å². The summed E-state index contributed by atoms with van der Waals surface area (Å²) in [6.45, 7) is 5.99. The first kappa shape index (κ1) is 17.1. The van der Waals surface area contributed by atoms with Crippen LogP contribution in [0.4, 0.5) is 0 Å². The van der Waals surface area contributed by atoms with E-state index >= 15 is 0 Å². The normalized spacial score (nSPS) is 15.5. The van der Waals surface area contributed by atoms with Crippen molar-refractivity contribution in [3.8, 4) is 0 Å². The van der Waals surface area contributed by atoms with E-state index in [9.17, 15) is 4.79 Å². The van der Waals surface area contributed by atoms with Gasteiger partial charge in [0.15, 0.2) is 5.69 Å². The molecule has 2 aromatic carbocycles. The van der Waals surface area contributed by atoms with Gasteiger partial charge < -0.3 is 4.90 Å². The molecule has 3 aromatic rings. The van der Waals surface area contributed by atoms with Crippen LogP contribution in [0.1, 0.15) is 21.6 Å². The fraction of sp³-hybridized carbons (Fsp3) is 0.300. The lowest BCUT2D eigenvalue weighted by atomic mass is 10.1. The van der Waals surface area contributed by atoms with E-state index in [-0.39, 0.29) is 5.91 Å². The lowest BCUT2D eigenvalue weighted by Gasteiger charge is -2.34. The lowest BCUT2D eigenvalue weighted by Crippen LogP contribution is -2.48. The van der Waals surface area contributed by atoms with E-state index in [1.807, 2.05) is 48.2 Å². The fourth-order valence-electron chi connectivity index (χ4n) is 3.44. The molecule has 0 spiro atoms. The molecule has 1 saturated heterocycles. The zero-order valence-electron chi connectivity index (χ0n) is 14.7. The third-order valence-electron chi connectivity index (χ3n) is 4.88. The largest absolute Gasteiger partial charge is 0.335 e. The number of nitrogens with one attached hydrogen (secondary N) is 1. The van der Waals surface area contributed by atoms with E-state index in [1.165, 1.54) is 5.56 Å². The molecule has 1 fully saturated rings. The predicted molar refractivity (Wildman–Crippen MR) is 103 cm³/mol. The number of aromatic nitrogens is 2. The summed E-state index contributed by atoms with van der Waals surface area (Å²) in [5, 5.41) is 8.89. The first-order valence-corrected chi connectivity index (χ1v) is 9.19. The molecule has 1 aromatic heterocycles. The van der Waals surface area contributed by atoms with Gasteiger partial charge in [0.05, 0.1) is 5.52 Å². The van der Waals surface area contributed by atoms with Crippen molar-refractivity contribution in [2.45, 2.75) is 13.5 Å². The summed E-state index contributed by atoms with van der Waals surface area (Å²) in [6.07, 6.45) is 0. The molecule has 0 atom stereocenters. The van der Waals surface area contributed by atoms with Crippen LogP contribution in [0.15, 0.2) is 42.5 Å². The molecule has 1 N–H and O–H groups in total. The molecule has 0 aliphatic carbocycles. The summed E-state index contributed by atoms with van der Waals surface area (Å²) >= 11 is 6.06. The number of halogens is 1. The van der Waals surface area contributed by atoms with Crippen LogP contribution in [0.2, 0.25) is 5.02 Å². The summed E-state index contributed by atoms with van der Waals surface area (Å²) in [6, 6.07) is 13.9. The zero-order chi connectivity index (χ0) is 18.1. The van der Waals surface area contributed by atoms with E-state index in [1.54, 1.807) is 0 Å². The standard InChI is InChI=1S/C20H21ClN4O/c1-14-5-6-18-17(11-14)19(23-22-18)20(26)25-9-7-24(8-10-25)13-15-3-2-4-16(21)12-15/h2-6,11-12H,7-10,13H2,1H3,(H,22,23). The highest BCUT2D eigenvalue weighted by Crippen LogP contribution is 2.20. The maximum Gasteiger partial charge on any atom is 0.275 e. The van der Waals surface area contributed by atoms with Gasteiger partial charge in [-0.2, -0.15) is 5.10 Å². The smallest absolute Gasteiger partial charge is 0.275 e. The van der Waals surface area contributed by atoms with Crippen LogP contribution in [0.3, 0.4) is 0 Å². The molecule has 1 aliphatic heterocycles. The van der Waals surface area contributed by atoms with E-state index in [4.69, 9.17) is 11.6 Å². The molecule has 0 bridgehead atoms. The van der Waals surface area contributed by atoms with Crippen molar-refractivity contribution >= 4 is 28.4 Å². The highest BCUT2D eigenvalue weighted by molar-refractivity contribution is 6.30. The van der Waals surface area contributed by atoms with E-state index in [0.717, 1.165) is 41.1 Å². The molecule has 0 radical (unpaired) electrons. The lowest BCUT2D eigenvalue weighted by molar-refractivity contribution is 0.0624. The number of piperazine rings is 1. The Labute approximate surface area is 157 Å². The van der Waals surface area contributed by atoms with Gasteiger partial charge in [-0.15, -0.1) is 0 Å². The summed E-state index contributed by atoms with van der Waals surface area (Å²) in [7, 11) is 0. The minimum Gasteiger partial charge on any atom is -0.335 e. The maximum atomic E-state index is 12.9. The monoisotopic (exact) mass is 368 g/mol. The number of amides is 1. The summed E-state index contributed by atoms with van der Waals surface area (Å²) in [4.78, 5) is 17.1. The summed E-state index contributed by atoms with van der Waals surface area (Å²) < 4.78 is 0. The van der Waals surface area contributed by atoms with Gasteiger partial charge in [0, 0.05) is 43.1 Å². The van der Waals surface area contributed by atoms with Gasteiger partial charge in [-0.05, 0) is 36.8 Å². The molecule has 2 heterocycles. The second-order valence-electron chi connectivity index (χ2n) is 6.82. The Morgan fingerprint density at radius 2 is 1.96 bits per heavy atom. The van der Waals surface area contributed by atoms with Crippen molar-refractivity contribution in [3.63, 3.8) is 0 Å². The number of benzene rings is 2. The molecule has 4 rings (SSSR count). The van der Waals surface area contributed by atoms with Crippen molar-refractivity contribution in [3.05, 3.63) is 64.3 Å². The number of hydrogen-bond donors (Lipinski definition) is 1. The number of nitrogens with zero attached hydrogens (tertiary/aromatic N) is 3. The molecule has 1 amide bonds. The Morgan fingerprint density at radius 1 is 1.15 bits per heavy atom. The topological polar surface area (TPSA) is 52.2 Å². The molecule has 5 nitrogen and oxygen atoms in total. The number of aryl methyl sites for hydroxylation is 1. The van der Waals surface area contributed by atoms with Gasteiger partial charge in [0.2, 0.25) is 0 Å². The third-order valence-corrected chi connectivity index (χ3v) is 5.11. The number of hydrogen-bond acceptors (Lipinski definition) is 3. The first-order chi connectivity index (χ1) is 12.6. The minimum atomic E-state index is 0.00394. The SMILES string of the molecule is Cc1ccc2[nH]nc(C(=O)N3CCN(Cc4cccc(Cl)c4)CC3)c2c1. The maximum absolute atomic E-state index is 12.9. The molecular formula is C20H21ClN4O. The number of H-pyrrole nitrogens is 1. The quantitative estimate of drug-likeness (QED) is 0.770. The molecule has 26 heavy (non-hydrogen) atoms. The van der Waals surface area contributed by atoms with Crippen LogP contribution < -0.4 is 0 Å². The molecule has 0 unspecified atom stereocenters. The summed E-state index contributed by atoms with van der Waals surface area (Å²) in [5.41, 5.74) is 3.75. The third kappa shape index (κ3) is 3.45. The average Bonchev–Trinajstić information content (AvgIpc) is 3.05. The van der Waals surface area contributed by atoms with Crippen LogP contribution in [0, 0.1) is 6.92 Å². The zero-order valence-corrected chi connectivity index (χ0v) is 15.5. The van der Waals surface area contributed by atoms with Crippen molar-refractivity contribution in [1.82, 2.24) is 20.0 Å². The van der Waals surface area contributed by atoms with Crippen molar-refractivity contribution < 1.29 is 4.79 Å².